The first-order valence-electron chi connectivity index (χ1n) is 6.21. The average Bonchev–Trinajstić information content (AvgIpc) is 2.41. The lowest BCUT2D eigenvalue weighted by molar-refractivity contribution is 0.102. The molecule has 6 heteroatoms. The summed E-state index contributed by atoms with van der Waals surface area (Å²) in [5.41, 5.74) is 8.41. The Labute approximate surface area is 142 Å². The number of benzene rings is 2. The Morgan fingerprint density at radius 1 is 1.24 bits per heavy atom. The van der Waals surface area contributed by atoms with E-state index < -0.39 is 0 Å². The fraction of sp³-hybridized carbons (Fsp3) is 0.133. The van der Waals surface area contributed by atoms with Gasteiger partial charge in [-0.15, -0.1) is 0 Å². The summed E-state index contributed by atoms with van der Waals surface area (Å²) in [5.74, 6) is -0.203. The van der Waals surface area contributed by atoms with Crippen molar-refractivity contribution in [1.82, 2.24) is 0 Å². The van der Waals surface area contributed by atoms with Gasteiger partial charge in [0.25, 0.3) is 5.91 Å². The third kappa shape index (κ3) is 3.79. The Balaban J connectivity index is 2.34. The fourth-order valence-corrected chi connectivity index (χ4v) is 2.91. The van der Waals surface area contributed by atoms with Crippen LogP contribution in [-0.2, 0) is 0 Å². The van der Waals surface area contributed by atoms with E-state index in [1.807, 2.05) is 25.1 Å². The van der Waals surface area contributed by atoms with Crippen LogP contribution >= 0.6 is 34.2 Å². The summed E-state index contributed by atoms with van der Waals surface area (Å²) >= 11 is 8.05. The van der Waals surface area contributed by atoms with Crippen LogP contribution in [0.15, 0.2) is 36.4 Å². The highest BCUT2D eigenvalue weighted by molar-refractivity contribution is 14.1. The molecule has 0 radical (unpaired) electrons. The Morgan fingerprint density at radius 2 is 1.95 bits per heavy atom. The van der Waals surface area contributed by atoms with Gasteiger partial charge < -0.3 is 16.0 Å². The largest absolute Gasteiger partial charge is 0.399 e. The lowest BCUT2D eigenvalue weighted by atomic mass is 10.1. The lowest BCUT2D eigenvalue weighted by Crippen LogP contribution is -2.19. The van der Waals surface area contributed by atoms with E-state index in [4.69, 9.17) is 17.3 Å². The van der Waals surface area contributed by atoms with Crippen molar-refractivity contribution < 1.29 is 4.79 Å². The summed E-state index contributed by atoms with van der Waals surface area (Å²) in [7, 11) is 3.77. The molecule has 0 heterocycles. The zero-order chi connectivity index (χ0) is 15.6. The number of carbonyl (C=O) groups is 1. The Kier molecular flexibility index (Phi) is 4.95. The summed E-state index contributed by atoms with van der Waals surface area (Å²) < 4.78 is 0.878. The SMILES string of the molecule is CN(C)c1ccc(N)cc1C(=O)Nc1ccc(Cl)cc1I. The van der Waals surface area contributed by atoms with Gasteiger partial charge in [0.05, 0.1) is 11.3 Å². The van der Waals surface area contributed by atoms with E-state index in [-0.39, 0.29) is 5.91 Å². The van der Waals surface area contributed by atoms with Crippen molar-refractivity contribution in [3.63, 3.8) is 0 Å². The first-order valence-corrected chi connectivity index (χ1v) is 7.67. The topological polar surface area (TPSA) is 58.4 Å². The van der Waals surface area contributed by atoms with Gasteiger partial charge in [-0.3, -0.25) is 4.79 Å². The third-order valence-electron chi connectivity index (χ3n) is 2.93. The van der Waals surface area contributed by atoms with Crippen molar-refractivity contribution >= 4 is 57.2 Å². The highest BCUT2D eigenvalue weighted by Crippen LogP contribution is 2.26. The normalized spacial score (nSPS) is 10.3. The van der Waals surface area contributed by atoms with Crippen molar-refractivity contribution in [2.45, 2.75) is 0 Å². The molecule has 21 heavy (non-hydrogen) atoms. The number of nitrogen functional groups attached to an aromatic ring is 1. The molecule has 0 aliphatic heterocycles. The molecular weight excluding hydrogens is 401 g/mol. The van der Waals surface area contributed by atoms with E-state index in [1.165, 1.54) is 0 Å². The number of rotatable bonds is 3. The number of nitrogens with zero attached hydrogens (tertiary/aromatic N) is 1. The third-order valence-corrected chi connectivity index (χ3v) is 4.05. The van der Waals surface area contributed by atoms with Crippen molar-refractivity contribution in [1.29, 1.82) is 0 Å². The van der Waals surface area contributed by atoms with Gasteiger partial charge in [0.1, 0.15) is 0 Å². The minimum Gasteiger partial charge on any atom is -0.399 e. The maximum atomic E-state index is 12.5. The van der Waals surface area contributed by atoms with Crippen LogP contribution in [-0.4, -0.2) is 20.0 Å². The molecule has 0 spiro atoms. The van der Waals surface area contributed by atoms with Crippen LogP contribution < -0.4 is 16.0 Å². The molecule has 0 bridgehead atoms. The van der Waals surface area contributed by atoms with Crippen LogP contribution in [0.5, 0.6) is 0 Å². The second-order valence-corrected chi connectivity index (χ2v) is 6.35. The minimum atomic E-state index is -0.203. The van der Waals surface area contributed by atoms with Crippen LogP contribution in [0.2, 0.25) is 5.02 Å². The Morgan fingerprint density at radius 3 is 2.57 bits per heavy atom. The van der Waals surface area contributed by atoms with Gasteiger partial charge in [-0.05, 0) is 59.0 Å². The van der Waals surface area contributed by atoms with Crippen LogP contribution in [0.25, 0.3) is 0 Å². The van der Waals surface area contributed by atoms with E-state index in [9.17, 15) is 4.79 Å². The Hall–Kier alpha value is -1.47. The van der Waals surface area contributed by atoms with Crippen LogP contribution in [0.1, 0.15) is 10.4 Å². The zero-order valence-electron chi connectivity index (χ0n) is 11.7. The van der Waals surface area contributed by atoms with Crippen LogP contribution in [0, 0.1) is 3.57 Å². The van der Waals surface area contributed by atoms with E-state index >= 15 is 0 Å². The van der Waals surface area contributed by atoms with E-state index in [0.29, 0.717) is 16.3 Å². The predicted molar refractivity (Wildman–Crippen MR) is 97.3 cm³/mol. The monoisotopic (exact) mass is 415 g/mol. The molecule has 0 unspecified atom stereocenters. The molecule has 2 rings (SSSR count). The maximum Gasteiger partial charge on any atom is 0.257 e. The quantitative estimate of drug-likeness (QED) is 0.591. The molecule has 0 aromatic heterocycles. The van der Waals surface area contributed by atoms with E-state index in [2.05, 4.69) is 27.9 Å². The Bertz CT molecular complexity index is 689. The number of halogens is 2. The number of hydrogen-bond acceptors (Lipinski definition) is 3. The van der Waals surface area contributed by atoms with Crippen molar-refractivity contribution in [3.05, 3.63) is 50.6 Å². The lowest BCUT2D eigenvalue weighted by Gasteiger charge is -2.18. The number of nitrogens with two attached hydrogens (primary N) is 1. The highest BCUT2D eigenvalue weighted by Gasteiger charge is 2.14. The molecule has 4 nitrogen and oxygen atoms in total. The van der Waals surface area contributed by atoms with Gasteiger partial charge in [0.2, 0.25) is 0 Å². The smallest absolute Gasteiger partial charge is 0.257 e. The van der Waals surface area contributed by atoms with Gasteiger partial charge in [-0.1, -0.05) is 11.6 Å². The molecule has 0 fully saturated rings. The summed E-state index contributed by atoms with van der Waals surface area (Å²) in [6.45, 7) is 0. The molecule has 2 aromatic carbocycles. The maximum absolute atomic E-state index is 12.5. The molecular formula is C15H15ClIN3O. The average molecular weight is 416 g/mol. The molecule has 110 valence electrons. The zero-order valence-corrected chi connectivity index (χ0v) is 14.6. The number of hydrogen-bond donors (Lipinski definition) is 2. The van der Waals surface area contributed by atoms with Gasteiger partial charge in [-0.2, -0.15) is 0 Å². The molecule has 3 N–H and O–H groups in total. The number of anilines is 3. The van der Waals surface area contributed by atoms with Crippen molar-refractivity contribution in [2.24, 2.45) is 0 Å². The van der Waals surface area contributed by atoms with E-state index in [0.717, 1.165) is 14.9 Å². The van der Waals surface area contributed by atoms with Crippen molar-refractivity contribution in [2.75, 3.05) is 30.0 Å². The second-order valence-electron chi connectivity index (χ2n) is 4.75. The summed E-state index contributed by atoms with van der Waals surface area (Å²) in [4.78, 5) is 14.4. The van der Waals surface area contributed by atoms with Crippen LogP contribution in [0.3, 0.4) is 0 Å². The number of nitrogens with one attached hydrogen (secondary N) is 1. The number of carbonyl (C=O) groups excluding carboxylic acids is 1. The fourth-order valence-electron chi connectivity index (χ4n) is 1.91. The first kappa shape index (κ1) is 15.9. The molecule has 0 aliphatic rings. The highest BCUT2D eigenvalue weighted by atomic mass is 127. The minimum absolute atomic E-state index is 0.203. The molecule has 0 saturated heterocycles. The summed E-state index contributed by atoms with van der Waals surface area (Å²) in [6.07, 6.45) is 0. The molecule has 0 saturated carbocycles. The van der Waals surface area contributed by atoms with Crippen molar-refractivity contribution in [3.8, 4) is 0 Å². The summed E-state index contributed by atoms with van der Waals surface area (Å²) in [6, 6.07) is 10.6. The standard InChI is InChI=1S/C15H15ClIN3O/c1-20(2)14-6-4-10(18)8-11(14)15(21)19-13-5-3-9(16)7-12(13)17/h3-8H,18H2,1-2H3,(H,19,21). The van der Waals surface area contributed by atoms with Gasteiger partial charge >= 0.3 is 0 Å². The molecule has 0 atom stereocenters. The van der Waals surface area contributed by atoms with Gasteiger partial charge in [0.15, 0.2) is 0 Å². The van der Waals surface area contributed by atoms with Crippen LogP contribution in [0.4, 0.5) is 17.1 Å². The number of amides is 1. The first-order chi connectivity index (χ1) is 9.88. The predicted octanol–water partition coefficient (Wildman–Crippen LogP) is 3.85. The van der Waals surface area contributed by atoms with Gasteiger partial charge in [0, 0.05) is 34.1 Å². The molecule has 1 amide bonds. The molecule has 2 aromatic rings. The van der Waals surface area contributed by atoms with Gasteiger partial charge in [-0.25, -0.2) is 0 Å². The molecule has 0 aliphatic carbocycles. The second kappa shape index (κ2) is 6.53. The van der Waals surface area contributed by atoms with E-state index in [1.54, 1.807) is 30.3 Å². The summed E-state index contributed by atoms with van der Waals surface area (Å²) in [5, 5.41) is 3.52.